The van der Waals surface area contributed by atoms with Crippen molar-refractivity contribution >= 4 is 93.6 Å². The number of hydrogen-bond donors (Lipinski definition) is 3. The van der Waals surface area contributed by atoms with Crippen molar-refractivity contribution in [3.63, 3.8) is 0 Å². The standard InChI is InChI=1S/C38H34Cl2N6OS/c1-24-6-11-32(36-37(47)29-4-2-3-5-35(29)48-38(24)36)45-18-21-46(19-16-43-30-12-14-41-33-22-25(39)7-9-27(30)33)20-17-44-31-13-15-42-34-23-26(40)8-10-28(31)34/h2-15,22-23,45H,16-21H2,1H3,(H,41,43)(H,42,44). The minimum Gasteiger partial charge on any atom is -0.383 e. The van der Waals surface area contributed by atoms with Crippen molar-refractivity contribution in [1.29, 1.82) is 0 Å². The molecule has 3 aromatic heterocycles. The second kappa shape index (κ2) is 14.3. The maximum Gasteiger partial charge on any atom is 0.197 e. The average molecular weight is 694 g/mol. The second-order valence-corrected chi connectivity index (χ2v) is 13.6. The summed E-state index contributed by atoms with van der Waals surface area (Å²) < 4.78 is 2.04. The Balaban J connectivity index is 1.07. The summed E-state index contributed by atoms with van der Waals surface area (Å²) >= 11 is 14.1. The minimum absolute atomic E-state index is 0.0764. The molecule has 0 spiro atoms. The van der Waals surface area contributed by atoms with Gasteiger partial charge in [-0.15, -0.1) is 11.3 Å². The maximum atomic E-state index is 13.6. The van der Waals surface area contributed by atoms with Gasteiger partial charge >= 0.3 is 0 Å². The first kappa shape index (κ1) is 32.1. The quantitative estimate of drug-likeness (QED) is 0.110. The summed E-state index contributed by atoms with van der Waals surface area (Å²) in [6, 6.07) is 27.5. The number of rotatable bonds is 12. The molecule has 0 radical (unpaired) electrons. The van der Waals surface area contributed by atoms with Crippen molar-refractivity contribution in [3.8, 4) is 0 Å². The van der Waals surface area contributed by atoms with Crippen molar-refractivity contribution < 1.29 is 0 Å². The van der Waals surface area contributed by atoms with Gasteiger partial charge in [-0.25, -0.2) is 0 Å². The van der Waals surface area contributed by atoms with Crippen molar-refractivity contribution in [2.75, 3.05) is 55.2 Å². The van der Waals surface area contributed by atoms with Crippen molar-refractivity contribution in [2.24, 2.45) is 0 Å². The molecule has 0 saturated carbocycles. The van der Waals surface area contributed by atoms with Gasteiger partial charge in [-0.3, -0.25) is 19.7 Å². The minimum atomic E-state index is 0.0764. The highest BCUT2D eigenvalue weighted by atomic mass is 35.5. The zero-order chi connectivity index (χ0) is 33.0. The zero-order valence-electron chi connectivity index (χ0n) is 26.4. The van der Waals surface area contributed by atoms with Gasteiger partial charge in [-0.05, 0) is 79.2 Å². The molecular formula is C38H34Cl2N6OS. The van der Waals surface area contributed by atoms with Crippen LogP contribution in [0.2, 0.25) is 10.0 Å². The number of hydrogen-bond acceptors (Lipinski definition) is 8. The Morgan fingerprint density at radius 3 is 1.83 bits per heavy atom. The third-order valence-electron chi connectivity index (χ3n) is 8.57. The Morgan fingerprint density at radius 1 is 0.667 bits per heavy atom. The molecule has 0 aliphatic rings. The number of fused-ring (bicyclic) bond motifs is 4. The van der Waals surface area contributed by atoms with Crippen LogP contribution in [-0.4, -0.2) is 54.1 Å². The van der Waals surface area contributed by atoms with Gasteiger partial charge in [-0.1, -0.05) is 41.4 Å². The maximum absolute atomic E-state index is 13.6. The van der Waals surface area contributed by atoms with E-state index in [1.807, 2.05) is 78.9 Å². The van der Waals surface area contributed by atoms with Crippen LogP contribution in [0.3, 0.4) is 0 Å². The van der Waals surface area contributed by atoms with E-state index in [1.165, 1.54) is 0 Å². The van der Waals surface area contributed by atoms with Gasteiger partial charge < -0.3 is 16.0 Å². The SMILES string of the molecule is Cc1ccc(NCCN(CCNc2ccnc3cc(Cl)ccc23)CCNc2ccnc3cc(Cl)ccc23)c2c(=O)c3ccccc3sc12. The molecule has 7 rings (SSSR count). The summed E-state index contributed by atoms with van der Waals surface area (Å²) in [6.07, 6.45) is 3.61. The molecule has 3 heterocycles. The number of nitrogens with one attached hydrogen (secondary N) is 3. The van der Waals surface area contributed by atoms with Gasteiger partial charge in [0.25, 0.3) is 0 Å². The molecule has 0 atom stereocenters. The molecule has 0 fully saturated rings. The topological polar surface area (TPSA) is 82.2 Å². The van der Waals surface area contributed by atoms with E-state index >= 15 is 0 Å². The number of aromatic nitrogens is 2. The lowest BCUT2D eigenvalue weighted by Gasteiger charge is -2.24. The molecule has 0 saturated heterocycles. The van der Waals surface area contributed by atoms with E-state index < -0.39 is 0 Å². The van der Waals surface area contributed by atoms with Crippen LogP contribution in [0, 0.1) is 6.92 Å². The Labute approximate surface area is 292 Å². The predicted octanol–water partition coefficient (Wildman–Crippen LogP) is 9.06. The number of anilines is 3. The molecule has 7 nitrogen and oxygen atoms in total. The largest absolute Gasteiger partial charge is 0.383 e. The molecule has 48 heavy (non-hydrogen) atoms. The normalized spacial score (nSPS) is 11.6. The third kappa shape index (κ3) is 6.89. The first-order chi connectivity index (χ1) is 23.4. The molecule has 7 aromatic rings. The lowest BCUT2D eigenvalue weighted by atomic mass is 10.1. The number of halogens is 2. The van der Waals surface area contributed by atoms with Gasteiger partial charge in [0.2, 0.25) is 0 Å². The molecule has 0 aliphatic heterocycles. The number of nitrogens with zero attached hydrogens (tertiary/aromatic N) is 3. The molecule has 242 valence electrons. The third-order valence-corrected chi connectivity index (χ3v) is 10.3. The Bertz CT molecular complexity index is 2240. The van der Waals surface area contributed by atoms with Gasteiger partial charge in [-0.2, -0.15) is 0 Å². The highest BCUT2D eigenvalue weighted by molar-refractivity contribution is 7.24. The predicted molar refractivity (Wildman–Crippen MR) is 206 cm³/mol. The van der Waals surface area contributed by atoms with Crippen molar-refractivity contribution in [3.05, 3.63) is 123 Å². The smallest absolute Gasteiger partial charge is 0.197 e. The van der Waals surface area contributed by atoms with Crippen LogP contribution in [0.15, 0.2) is 102 Å². The molecule has 4 aromatic carbocycles. The molecule has 10 heteroatoms. The number of aryl methyl sites for hydroxylation is 1. The van der Waals surface area contributed by atoms with E-state index in [9.17, 15) is 4.79 Å². The highest BCUT2D eigenvalue weighted by Gasteiger charge is 2.13. The van der Waals surface area contributed by atoms with E-state index in [1.54, 1.807) is 23.7 Å². The van der Waals surface area contributed by atoms with Gasteiger partial charge in [0, 0.05) is 104 Å². The summed E-state index contributed by atoms with van der Waals surface area (Å²) in [6.45, 7) is 6.63. The average Bonchev–Trinajstić information content (AvgIpc) is 3.09. The summed E-state index contributed by atoms with van der Waals surface area (Å²) in [7, 11) is 0. The van der Waals surface area contributed by atoms with E-state index in [4.69, 9.17) is 23.2 Å². The number of pyridine rings is 2. The summed E-state index contributed by atoms with van der Waals surface area (Å²) in [5.41, 5.74) is 5.84. The first-order valence-electron chi connectivity index (χ1n) is 15.9. The van der Waals surface area contributed by atoms with E-state index in [2.05, 4.69) is 43.8 Å². The molecule has 0 unspecified atom stereocenters. The molecule has 3 N–H and O–H groups in total. The van der Waals surface area contributed by atoms with Gasteiger partial charge in [0.1, 0.15) is 0 Å². The number of benzene rings is 4. The fraction of sp³-hybridized carbons (Fsp3) is 0.184. The molecule has 0 bridgehead atoms. The van der Waals surface area contributed by atoms with Crippen LogP contribution in [0.25, 0.3) is 42.0 Å². The van der Waals surface area contributed by atoms with E-state index in [0.717, 1.165) is 97.3 Å². The first-order valence-corrected chi connectivity index (χ1v) is 17.5. The fourth-order valence-electron chi connectivity index (χ4n) is 6.11. The van der Waals surface area contributed by atoms with E-state index in [-0.39, 0.29) is 5.43 Å². The van der Waals surface area contributed by atoms with Crippen LogP contribution in [0.4, 0.5) is 17.1 Å². The van der Waals surface area contributed by atoms with Crippen LogP contribution < -0.4 is 21.4 Å². The molecule has 0 amide bonds. The van der Waals surface area contributed by atoms with Crippen LogP contribution in [0.5, 0.6) is 0 Å². The van der Waals surface area contributed by atoms with Crippen molar-refractivity contribution in [1.82, 2.24) is 14.9 Å². The lowest BCUT2D eigenvalue weighted by molar-refractivity contribution is 0.306. The zero-order valence-corrected chi connectivity index (χ0v) is 28.7. The van der Waals surface area contributed by atoms with Crippen LogP contribution in [0.1, 0.15) is 5.56 Å². The van der Waals surface area contributed by atoms with Crippen LogP contribution in [-0.2, 0) is 0 Å². The van der Waals surface area contributed by atoms with Gasteiger partial charge in [0.05, 0.1) is 16.4 Å². The Kier molecular flexibility index (Phi) is 9.59. The summed E-state index contributed by atoms with van der Waals surface area (Å²) in [5.74, 6) is 0. The Hall–Kier alpha value is -4.47. The molecular weight excluding hydrogens is 659 g/mol. The lowest BCUT2D eigenvalue weighted by Crippen LogP contribution is -2.36. The summed E-state index contributed by atoms with van der Waals surface area (Å²) in [5, 5.41) is 15.8. The monoisotopic (exact) mass is 692 g/mol. The fourth-order valence-corrected chi connectivity index (χ4v) is 7.61. The molecule has 0 aliphatic carbocycles. The Morgan fingerprint density at radius 2 is 1.23 bits per heavy atom. The van der Waals surface area contributed by atoms with E-state index in [0.29, 0.717) is 16.6 Å². The highest BCUT2D eigenvalue weighted by Crippen LogP contribution is 2.32. The van der Waals surface area contributed by atoms with Crippen molar-refractivity contribution in [2.45, 2.75) is 6.92 Å². The second-order valence-electron chi connectivity index (χ2n) is 11.7. The van der Waals surface area contributed by atoms with Crippen LogP contribution >= 0.6 is 34.5 Å². The van der Waals surface area contributed by atoms with Gasteiger partial charge in [0.15, 0.2) is 5.43 Å². The summed E-state index contributed by atoms with van der Waals surface area (Å²) in [4.78, 5) is 25.0.